The summed E-state index contributed by atoms with van der Waals surface area (Å²) in [6.07, 6.45) is 1.74. The van der Waals surface area contributed by atoms with Crippen LogP contribution in [0.1, 0.15) is 57.1 Å². The average molecular weight is 465 g/mol. The Balaban J connectivity index is 1.67. The van der Waals surface area contributed by atoms with E-state index in [0.29, 0.717) is 6.42 Å². The van der Waals surface area contributed by atoms with Gasteiger partial charge in [0, 0.05) is 12.0 Å². The maximum Gasteiger partial charge on any atom is 0.407 e. The van der Waals surface area contributed by atoms with Crippen molar-refractivity contribution in [2.75, 3.05) is 6.61 Å². The van der Waals surface area contributed by atoms with Gasteiger partial charge in [0.2, 0.25) is 5.91 Å². The van der Waals surface area contributed by atoms with E-state index in [1.165, 1.54) is 0 Å². The van der Waals surface area contributed by atoms with Crippen molar-refractivity contribution in [1.82, 2.24) is 10.6 Å². The highest BCUT2D eigenvalue weighted by Gasteiger charge is 2.30. The molecule has 3 rings (SSSR count). The number of carbonyl (C=O) groups excluding carboxylic acids is 2. The fourth-order valence-electron chi connectivity index (χ4n) is 4.18. The molecule has 0 spiro atoms. The highest BCUT2D eigenvalue weighted by molar-refractivity contribution is 5.86. The molecule has 0 saturated carbocycles. The van der Waals surface area contributed by atoms with Crippen LogP contribution < -0.4 is 10.6 Å². The van der Waals surface area contributed by atoms with Crippen LogP contribution in [0.5, 0.6) is 0 Å². The third-order valence-electron chi connectivity index (χ3n) is 5.97. The van der Waals surface area contributed by atoms with E-state index in [1.807, 2.05) is 56.3 Å². The van der Waals surface area contributed by atoms with Gasteiger partial charge >= 0.3 is 12.1 Å². The van der Waals surface area contributed by atoms with Gasteiger partial charge in [0.15, 0.2) is 0 Å². The normalized spacial score (nSPS) is 13.7. The zero-order chi connectivity index (χ0) is 24.7. The average Bonchev–Trinajstić information content (AvgIpc) is 3.13. The minimum Gasteiger partial charge on any atom is -0.481 e. The van der Waals surface area contributed by atoms with Gasteiger partial charge in [-0.05, 0) is 48.9 Å². The highest BCUT2D eigenvalue weighted by atomic mass is 16.5. The summed E-state index contributed by atoms with van der Waals surface area (Å²) in [5.74, 6) is -1.50. The van der Waals surface area contributed by atoms with Gasteiger partial charge in [0.1, 0.15) is 12.6 Å². The lowest BCUT2D eigenvalue weighted by molar-refractivity contribution is -0.137. The zero-order valence-electron chi connectivity index (χ0n) is 19.8. The van der Waals surface area contributed by atoms with Crippen LogP contribution in [0.4, 0.5) is 4.79 Å². The molecule has 180 valence electrons. The topological polar surface area (TPSA) is 105 Å². The Morgan fingerprint density at radius 1 is 1.00 bits per heavy atom. The SMILES string of the molecule is CC[C@@H](CC(=O)O)NC(=O)C(CC=C(C)C)NC(=O)OCC1c2ccccc2-c2ccccc21. The predicted molar refractivity (Wildman–Crippen MR) is 131 cm³/mol. The van der Waals surface area contributed by atoms with Crippen molar-refractivity contribution >= 4 is 18.0 Å². The number of carbonyl (C=O) groups is 3. The van der Waals surface area contributed by atoms with Crippen molar-refractivity contribution in [1.29, 1.82) is 0 Å². The molecule has 1 aliphatic carbocycles. The van der Waals surface area contributed by atoms with E-state index in [0.717, 1.165) is 27.8 Å². The Bertz CT molecular complexity index is 1030. The molecule has 1 aliphatic rings. The van der Waals surface area contributed by atoms with Crippen LogP contribution in [0.15, 0.2) is 60.2 Å². The van der Waals surface area contributed by atoms with Crippen LogP contribution in [0.2, 0.25) is 0 Å². The van der Waals surface area contributed by atoms with Gasteiger partial charge in [-0.3, -0.25) is 9.59 Å². The standard InChI is InChI=1S/C27H32N2O5/c1-4-18(15-25(30)31)28-26(32)24(14-13-17(2)3)29-27(33)34-16-23-21-11-7-5-9-19(21)20-10-6-8-12-22(20)23/h5-13,18,23-24H,4,14-16H2,1-3H3,(H,28,32)(H,29,33)(H,30,31)/t18-,24?/m0/s1. The molecule has 2 atom stereocenters. The number of rotatable bonds is 10. The number of hydrogen-bond donors (Lipinski definition) is 3. The fraction of sp³-hybridized carbons (Fsp3) is 0.370. The summed E-state index contributed by atoms with van der Waals surface area (Å²) < 4.78 is 5.58. The molecule has 2 aromatic rings. The zero-order valence-corrected chi connectivity index (χ0v) is 19.8. The smallest absolute Gasteiger partial charge is 0.407 e. The van der Waals surface area contributed by atoms with Crippen molar-refractivity contribution in [3.8, 4) is 11.1 Å². The minimum atomic E-state index is -0.988. The van der Waals surface area contributed by atoms with Crippen LogP contribution in [-0.4, -0.2) is 41.8 Å². The summed E-state index contributed by atoms with van der Waals surface area (Å²) in [6.45, 7) is 5.76. The highest BCUT2D eigenvalue weighted by Crippen LogP contribution is 2.44. The second-order valence-corrected chi connectivity index (χ2v) is 8.75. The van der Waals surface area contributed by atoms with E-state index >= 15 is 0 Å². The van der Waals surface area contributed by atoms with Gasteiger partial charge in [-0.15, -0.1) is 0 Å². The lowest BCUT2D eigenvalue weighted by atomic mass is 9.98. The van der Waals surface area contributed by atoms with Gasteiger partial charge in [-0.2, -0.15) is 0 Å². The van der Waals surface area contributed by atoms with E-state index in [2.05, 4.69) is 22.8 Å². The summed E-state index contributed by atoms with van der Waals surface area (Å²) in [5.41, 5.74) is 5.49. The van der Waals surface area contributed by atoms with Crippen molar-refractivity contribution in [3.63, 3.8) is 0 Å². The Morgan fingerprint density at radius 3 is 2.12 bits per heavy atom. The summed E-state index contributed by atoms with van der Waals surface area (Å²) in [7, 11) is 0. The summed E-state index contributed by atoms with van der Waals surface area (Å²) in [5, 5.41) is 14.4. The Labute approximate surface area is 200 Å². The first kappa shape index (κ1) is 25.0. The van der Waals surface area contributed by atoms with Crippen LogP contribution >= 0.6 is 0 Å². The molecule has 3 N–H and O–H groups in total. The number of carboxylic acid groups (broad SMARTS) is 1. The molecule has 0 heterocycles. The second kappa shape index (κ2) is 11.5. The van der Waals surface area contributed by atoms with Gasteiger partial charge in [-0.25, -0.2) is 4.79 Å². The molecule has 34 heavy (non-hydrogen) atoms. The first-order chi connectivity index (χ1) is 16.3. The fourth-order valence-corrected chi connectivity index (χ4v) is 4.18. The molecule has 0 aliphatic heterocycles. The number of amides is 2. The minimum absolute atomic E-state index is 0.0803. The third kappa shape index (κ3) is 6.25. The third-order valence-corrected chi connectivity index (χ3v) is 5.97. The van der Waals surface area contributed by atoms with Crippen LogP contribution in [0, 0.1) is 0 Å². The summed E-state index contributed by atoms with van der Waals surface area (Å²) >= 11 is 0. The quantitative estimate of drug-likeness (QED) is 0.445. The lowest BCUT2D eigenvalue weighted by Gasteiger charge is -2.22. The summed E-state index contributed by atoms with van der Waals surface area (Å²) in [6, 6.07) is 14.8. The summed E-state index contributed by atoms with van der Waals surface area (Å²) in [4.78, 5) is 36.6. The Kier molecular flexibility index (Phi) is 8.46. The monoisotopic (exact) mass is 464 g/mol. The number of benzene rings is 2. The van der Waals surface area contributed by atoms with Crippen molar-refractivity contribution in [3.05, 3.63) is 71.3 Å². The van der Waals surface area contributed by atoms with Crippen LogP contribution in [-0.2, 0) is 14.3 Å². The molecule has 0 radical (unpaired) electrons. The van der Waals surface area contributed by atoms with Gasteiger partial charge in [0.05, 0.1) is 6.42 Å². The number of ether oxygens (including phenoxy) is 1. The number of nitrogens with one attached hydrogen (secondary N) is 2. The van der Waals surface area contributed by atoms with Crippen molar-refractivity contribution < 1.29 is 24.2 Å². The van der Waals surface area contributed by atoms with Crippen LogP contribution in [0.25, 0.3) is 11.1 Å². The number of alkyl carbamates (subject to hydrolysis) is 1. The number of fused-ring (bicyclic) bond motifs is 3. The number of allylic oxidation sites excluding steroid dienone is 1. The predicted octanol–water partition coefficient (Wildman–Crippen LogP) is 4.62. The molecule has 0 aromatic heterocycles. The molecule has 2 amide bonds. The number of aliphatic carboxylic acids is 1. The Hall–Kier alpha value is -3.61. The van der Waals surface area contributed by atoms with E-state index in [1.54, 1.807) is 6.92 Å². The molecular weight excluding hydrogens is 432 g/mol. The first-order valence-corrected chi connectivity index (χ1v) is 11.6. The van der Waals surface area contributed by atoms with E-state index in [9.17, 15) is 14.4 Å². The molecule has 0 saturated heterocycles. The molecule has 2 aromatic carbocycles. The van der Waals surface area contributed by atoms with Crippen molar-refractivity contribution in [2.24, 2.45) is 0 Å². The van der Waals surface area contributed by atoms with Gasteiger partial charge < -0.3 is 20.5 Å². The first-order valence-electron chi connectivity index (χ1n) is 11.6. The van der Waals surface area contributed by atoms with E-state index in [4.69, 9.17) is 9.84 Å². The Morgan fingerprint density at radius 2 is 1.59 bits per heavy atom. The van der Waals surface area contributed by atoms with Gasteiger partial charge in [0.25, 0.3) is 0 Å². The largest absolute Gasteiger partial charge is 0.481 e. The molecule has 7 nitrogen and oxygen atoms in total. The van der Waals surface area contributed by atoms with Crippen LogP contribution in [0.3, 0.4) is 0 Å². The molecule has 1 unspecified atom stereocenters. The maximum absolute atomic E-state index is 12.8. The maximum atomic E-state index is 12.8. The number of hydrogen-bond acceptors (Lipinski definition) is 4. The van der Waals surface area contributed by atoms with E-state index in [-0.39, 0.29) is 25.4 Å². The molecule has 7 heteroatoms. The second-order valence-electron chi connectivity index (χ2n) is 8.75. The molecule has 0 bridgehead atoms. The van der Waals surface area contributed by atoms with Crippen molar-refractivity contribution in [2.45, 2.75) is 58.0 Å². The van der Waals surface area contributed by atoms with Gasteiger partial charge in [-0.1, -0.05) is 67.1 Å². The lowest BCUT2D eigenvalue weighted by Crippen LogP contribution is -2.50. The molecular formula is C27H32N2O5. The molecule has 0 fully saturated rings. The van der Waals surface area contributed by atoms with E-state index < -0.39 is 30.1 Å². The number of carboxylic acids is 1.